The number of hydrogen-bond donors (Lipinski definition) is 2. The molecule has 3 N–H and O–H groups in total. The van der Waals surface area contributed by atoms with E-state index in [1.807, 2.05) is 44.4 Å². The Morgan fingerprint density at radius 2 is 1.81 bits per heavy atom. The summed E-state index contributed by atoms with van der Waals surface area (Å²) < 4.78 is 1.85. The highest BCUT2D eigenvalue weighted by molar-refractivity contribution is 6.06. The topological polar surface area (TPSA) is 103 Å². The second kappa shape index (κ2) is 6.25. The summed E-state index contributed by atoms with van der Waals surface area (Å²) >= 11 is 0. The Hall–Kier alpha value is -3.22. The first kappa shape index (κ1) is 17.6. The fourth-order valence-corrected chi connectivity index (χ4v) is 2.65. The first-order chi connectivity index (χ1) is 12.2. The van der Waals surface area contributed by atoms with Crippen molar-refractivity contribution >= 4 is 28.8 Å². The maximum atomic E-state index is 12.4. The van der Waals surface area contributed by atoms with Crippen molar-refractivity contribution in [3.63, 3.8) is 0 Å². The molecule has 1 aromatic carbocycles. The van der Waals surface area contributed by atoms with Crippen molar-refractivity contribution in [2.45, 2.75) is 33.2 Å². The highest BCUT2D eigenvalue weighted by Crippen LogP contribution is 2.26. The fourth-order valence-electron chi connectivity index (χ4n) is 2.65. The van der Waals surface area contributed by atoms with Gasteiger partial charge in [0.05, 0.1) is 10.9 Å². The van der Waals surface area contributed by atoms with Crippen LogP contribution in [-0.4, -0.2) is 26.3 Å². The molecule has 0 radical (unpaired) electrons. The molecule has 134 valence electrons. The SMILES string of the molecule is Cc1ccc(C(=O)Nc2ncc3c(C(N)=O)cn(C(C)(C)C)c3n2)cc1. The fraction of sp³-hybridized carbons (Fsp3) is 0.263. The number of hydrogen-bond acceptors (Lipinski definition) is 4. The van der Waals surface area contributed by atoms with Crippen molar-refractivity contribution in [1.82, 2.24) is 14.5 Å². The van der Waals surface area contributed by atoms with Gasteiger partial charge in [0.15, 0.2) is 0 Å². The molecule has 0 aliphatic heterocycles. The number of amides is 2. The largest absolute Gasteiger partial charge is 0.366 e. The summed E-state index contributed by atoms with van der Waals surface area (Å²) in [4.78, 5) is 32.7. The van der Waals surface area contributed by atoms with Gasteiger partial charge in [-0.3, -0.25) is 14.9 Å². The Balaban J connectivity index is 2.01. The Morgan fingerprint density at radius 3 is 2.38 bits per heavy atom. The maximum absolute atomic E-state index is 12.4. The molecule has 0 saturated heterocycles. The molecule has 0 spiro atoms. The van der Waals surface area contributed by atoms with Gasteiger partial charge in [0.25, 0.3) is 11.8 Å². The van der Waals surface area contributed by atoms with Gasteiger partial charge in [0.1, 0.15) is 5.65 Å². The zero-order chi connectivity index (χ0) is 19.1. The number of rotatable bonds is 3. The van der Waals surface area contributed by atoms with E-state index < -0.39 is 5.91 Å². The quantitative estimate of drug-likeness (QED) is 0.757. The molecule has 0 atom stereocenters. The Labute approximate surface area is 151 Å². The van der Waals surface area contributed by atoms with E-state index in [0.29, 0.717) is 22.2 Å². The first-order valence-corrected chi connectivity index (χ1v) is 8.23. The van der Waals surface area contributed by atoms with Crippen LogP contribution in [0.2, 0.25) is 0 Å². The van der Waals surface area contributed by atoms with Crippen LogP contribution < -0.4 is 11.1 Å². The Bertz CT molecular complexity index is 997. The molecule has 2 aromatic heterocycles. The van der Waals surface area contributed by atoms with Gasteiger partial charge in [-0.15, -0.1) is 0 Å². The van der Waals surface area contributed by atoms with Gasteiger partial charge >= 0.3 is 0 Å². The Morgan fingerprint density at radius 1 is 1.15 bits per heavy atom. The Kier molecular flexibility index (Phi) is 4.23. The third kappa shape index (κ3) is 3.28. The average Bonchev–Trinajstić information content (AvgIpc) is 2.94. The summed E-state index contributed by atoms with van der Waals surface area (Å²) in [6.45, 7) is 7.92. The predicted octanol–water partition coefficient (Wildman–Crippen LogP) is 2.85. The van der Waals surface area contributed by atoms with Crippen LogP contribution in [0.25, 0.3) is 11.0 Å². The van der Waals surface area contributed by atoms with Crippen LogP contribution >= 0.6 is 0 Å². The standard InChI is InChI=1S/C19H21N5O2/c1-11-5-7-12(8-6-11)17(26)23-18-21-9-13-14(15(20)25)10-24(16(13)22-18)19(2,3)4/h5-10H,1-4H3,(H2,20,25)(H,21,22,23,26). The molecule has 0 aliphatic rings. The van der Waals surface area contributed by atoms with Gasteiger partial charge in [-0.05, 0) is 39.8 Å². The van der Waals surface area contributed by atoms with Gasteiger partial charge in [0.2, 0.25) is 5.95 Å². The summed E-state index contributed by atoms with van der Waals surface area (Å²) in [5.74, 6) is -0.672. The van der Waals surface area contributed by atoms with Gasteiger partial charge < -0.3 is 10.3 Å². The molecule has 2 heterocycles. The van der Waals surface area contributed by atoms with Crippen LogP contribution in [0.1, 0.15) is 47.1 Å². The molecule has 7 heteroatoms. The first-order valence-electron chi connectivity index (χ1n) is 8.23. The van der Waals surface area contributed by atoms with E-state index in [4.69, 9.17) is 5.73 Å². The number of primary amides is 1. The summed E-state index contributed by atoms with van der Waals surface area (Å²) in [6, 6.07) is 7.21. The van der Waals surface area contributed by atoms with E-state index in [1.54, 1.807) is 18.3 Å². The molecule has 0 saturated carbocycles. The number of fused-ring (bicyclic) bond motifs is 1. The van der Waals surface area contributed by atoms with Crippen LogP contribution in [0, 0.1) is 6.92 Å². The lowest BCUT2D eigenvalue weighted by Crippen LogP contribution is -2.22. The van der Waals surface area contributed by atoms with Crippen molar-refractivity contribution in [2.24, 2.45) is 5.73 Å². The summed E-state index contributed by atoms with van der Waals surface area (Å²) in [7, 11) is 0. The second-order valence-electron chi connectivity index (χ2n) is 7.20. The molecule has 3 rings (SSSR count). The van der Waals surface area contributed by atoms with Gasteiger partial charge in [-0.1, -0.05) is 17.7 Å². The monoisotopic (exact) mass is 351 g/mol. The smallest absolute Gasteiger partial charge is 0.258 e. The second-order valence-corrected chi connectivity index (χ2v) is 7.20. The molecule has 0 aliphatic carbocycles. The predicted molar refractivity (Wildman–Crippen MR) is 100 cm³/mol. The van der Waals surface area contributed by atoms with E-state index in [2.05, 4.69) is 15.3 Å². The van der Waals surface area contributed by atoms with Crippen molar-refractivity contribution in [3.8, 4) is 0 Å². The zero-order valence-corrected chi connectivity index (χ0v) is 15.2. The third-order valence-electron chi connectivity index (χ3n) is 4.07. The number of nitrogens with zero attached hydrogens (tertiary/aromatic N) is 3. The molecule has 0 bridgehead atoms. The van der Waals surface area contributed by atoms with E-state index in [1.165, 1.54) is 6.20 Å². The minimum Gasteiger partial charge on any atom is -0.366 e. The van der Waals surface area contributed by atoms with E-state index in [0.717, 1.165) is 5.56 Å². The number of aryl methyl sites for hydroxylation is 1. The molecular weight excluding hydrogens is 330 g/mol. The molecular formula is C19H21N5O2. The van der Waals surface area contributed by atoms with E-state index >= 15 is 0 Å². The third-order valence-corrected chi connectivity index (χ3v) is 4.07. The number of carbonyl (C=O) groups is 2. The van der Waals surface area contributed by atoms with Gasteiger partial charge in [0, 0.05) is 23.5 Å². The minimum absolute atomic E-state index is 0.169. The lowest BCUT2D eigenvalue weighted by molar-refractivity contribution is 0.0998. The molecule has 0 unspecified atom stereocenters. The molecule has 26 heavy (non-hydrogen) atoms. The lowest BCUT2D eigenvalue weighted by Gasteiger charge is -2.21. The number of benzene rings is 1. The van der Waals surface area contributed by atoms with Gasteiger partial charge in [-0.25, -0.2) is 4.98 Å². The number of nitrogens with one attached hydrogen (secondary N) is 1. The highest BCUT2D eigenvalue weighted by Gasteiger charge is 2.22. The molecule has 0 fully saturated rings. The number of anilines is 1. The maximum Gasteiger partial charge on any atom is 0.258 e. The van der Waals surface area contributed by atoms with Crippen LogP contribution in [0.15, 0.2) is 36.7 Å². The molecule has 2 amide bonds. The van der Waals surface area contributed by atoms with Crippen LogP contribution in [0.5, 0.6) is 0 Å². The number of nitrogens with two attached hydrogens (primary N) is 1. The van der Waals surface area contributed by atoms with E-state index in [-0.39, 0.29) is 17.4 Å². The molecule has 7 nitrogen and oxygen atoms in total. The van der Waals surface area contributed by atoms with Crippen LogP contribution in [0.4, 0.5) is 5.95 Å². The number of aromatic nitrogens is 3. The van der Waals surface area contributed by atoms with Crippen molar-refractivity contribution in [1.29, 1.82) is 0 Å². The van der Waals surface area contributed by atoms with Crippen molar-refractivity contribution < 1.29 is 9.59 Å². The van der Waals surface area contributed by atoms with Crippen molar-refractivity contribution in [2.75, 3.05) is 5.32 Å². The normalized spacial score (nSPS) is 11.5. The zero-order valence-electron chi connectivity index (χ0n) is 15.2. The minimum atomic E-state index is -0.543. The molecule has 3 aromatic rings. The number of carbonyl (C=O) groups excluding carboxylic acids is 2. The highest BCUT2D eigenvalue weighted by atomic mass is 16.2. The summed E-state index contributed by atoms with van der Waals surface area (Å²) in [5, 5.41) is 3.25. The van der Waals surface area contributed by atoms with Crippen molar-refractivity contribution in [3.05, 3.63) is 53.3 Å². The lowest BCUT2D eigenvalue weighted by atomic mass is 10.1. The summed E-state index contributed by atoms with van der Waals surface area (Å²) in [5.41, 5.74) is 7.63. The summed E-state index contributed by atoms with van der Waals surface area (Å²) in [6.07, 6.45) is 3.18. The van der Waals surface area contributed by atoms with Crippen LogP contribution in [-0.2, 0) is 5.54 Å². The average molecular weight is 351 g/mol. The van der Waals surface area contributed by atoms with Crippen LogP contribution in [0.3, 0.4) is 0 Å². The van der Waals surface area contributed by atoms with E-state index in [9.17, 15) is 9.59 Å². The van der Waals surface area contributed by atoms with Gasteiger partial charge in [-0.2, -0.15) is 4.98 Å².